The molecule has 64 heavy (non-hydrogen) atoms. The van der Waals surface area contributed by atoms with Crippen LogP contribution in [0.2, 0.25) is 0 Å². The normalized spacial score (nSPS) is 12.5. The van der Waals surface area contributed by atoms with E-state index in [0.717, 1.165) is 69.6 Å². The van der Waals surface area contributed by atoms with Gasteiger partial charge in [0.15, 0.2) is 6.10 Å². The zero-order chi connectivity index (χ0) is 46.8. The van der Waals surface area contributed by atoms with Gasteiger partial charge >= 0.3 is 17.9 Å². The first-order valence-electron chi connectivity index (χ1n) is 28.8. The Bertz CT molecular complexity index is 980. The third kappa shape index (κ3) is 49.8. The summed E-state index contributed by atoms with van der Waals surface area (Å²) in [6.45, 7) is 11.4. The Labute approximate surface area is 399 Å². The van der Waals surface area contributed by atoms with Gasteiger partial charge in [0, 0.05) is 19.3 Å². The van der Waals surface area contributed by atoms with Gasteiger partial charge in [-0.2, -0.15) is 0 Å². The first-order valence-corrected chi connectivity index (χ1v) is 28.8. The topological polar surface area (TPSA) is 78.9 Å². The van der Waals surface area contributed by atoms with Crippen molar-refractivity contribution in [3.63, 3.8) is 0 Å². The van der Waals surface area contributed by atoms with E-state index in [1.165, 1.54) is 212 Å². The Morgan fingerprint density at radius 3 is 0.891 bits per heavy atom. The first kappa shape index (κ1) is 62.4. The molecule has 0 aromatic carbocycles. The molecule has 0 saturated carbocycles. The van der Waals surface area contributed by atoms with Crippen molar-refractivity contribution < 1.29 is 28.6 Å². The number of carbonyl (C=O) groups is 3. The molecule has 0 heterocycles. The second-order valence-electron chi connectivity index (χ2n) is 20.6. The van der Waals surface area contributed by atoms with Gasteiger partial charge in [-0.1, -0.05) is 285 Å². The highest BCUT2D eigenvalue weighted by atomic mass is 16.6. The molecule has 6 heteroatoms. The van der Waals surface area contributed by atoms with Crippen LogP contribution in [0.15, 0.2) is 0 Å². The minimum absolute atomic E-state index is 0.0628. The van der Waals surface area contributed by atoms with Gasteiger partial charge in [-0.15, -0.1) is 0 Å². The fraction of sp³-hybridized carbons (Fsp3) is 0.948. The summed E-state index contributed by atoms with van der Waals surface area (Å²) >= 11 is 0. The summed E-state index contributed by atoms with van der Waals surface area (Å²) < 4.78 is 16.9. The van der Waals surface area contributed by atoms with Gasteiger partial charge in [-0.05, 0) is 31.1 Å². The van der Waals surface area contributed by atoms with E-state index < -0.39 is 6.10 Å². The molecule has 0 aliphatic heterocycles. The number of unbranched alkanes of at least 4 members (excludes halogenated alkanes) is 36. The lowest BCUT2D eigenvalue weighted by Gasteiger charge is -2.18. The minimum atomic E-state index is -0.763. The molecule has 1 unspecified atom stereocenters. The van der Waals surface area contributed by atoms with E-state index >= 15 is 0 Å². The molecule has 0 aromatic rings. The lowest BCUT2D eigenvalue weighted by atomic mass is 9.99. The van der Waals surface area contributed by atoms with Crippen LogP contribution in [0.1, 0.15) is 324 Å². The number of hydrogen-bond donors (Lipinski definition) is 0. The van der Waals surface area contributed by atoms with Crippen molar-refractivity contribution in [2.75, 3.05) is 13.2 Å². The third-order valence-corrected chi connectivity index (χ3v) is 13.6. The molecular weight excluding hydrogens is 793 g/mol. The van der Waals surface area contributed by atoms with Crippen molar-refractivity contribution in [1.82, 2.24) is 0 Å². The van der Waals surface area contributed by atoms with Gasteiger partial charge in [0.1, 0.15) is 13.2 Å². The average molecular weight is 906 g/mol. The van der Waals surface area contributed by atoms with E-state index in [1.807, 2.05) is 0 Å². The van der Waals surface area contributed by atoms with Gasteiger partial charge in [-0.25, -0.2) is 0 Å². The molecule has 0 saturated heterocycles. The second kappa shape index (κ2) is 50.8. The summed E-state index contributed by atoms with van der Waals surface area (Å²) in [6.07, 6.45) is 53.7. The zero-order valence-electron chi connectivity index (χ0n) is 43.9. The molecule has 0 aromatic heterocycles. The number of carbonyl (C=O) groups excluding carboxylic acids is 3. The van der Waals surface area contributed by atoms with E-state index in [0.29, 0.717) is 19.3 Å². The summed E-state index contributed by atoms with van der Waals surface area (Å²) in [5.74, 6) is 0.873. The van der Waals surface area contributed by atoms with E-state index in [-0.39, 0.29) is 31.1 Å². The van der Waals surface area contributed by atoms with Crippen LogP contribution in [0.4, 0.5) is 0 Å². The van der Waals surface area contributed by atoms with E-state index in [9.17, 15) is 14.4 Å². The maximum Gasteiger partial charge on any atom is 0.306 e. The Hall–Kier alpha value is -1.59. The summed E-state index contributed by atoms with van der Waals surface area (Å²) in [6, 6.07) is 0. The summed E-state index contributed by atoms with van der Waals surface area (Å²) in [5.41, 5.74) is 0. The molecular formula is C58H112O6. The van der Waals surface area contributed by atoms with Crippen molar-refractivity contribution >= 4 is 17.9 Å². The quantitative estimate of drug-likeness (QED) is 0.0344. The van der Waals surface area contributed by atoms with Crippen LogP contribution in [0, 0.1) is 11.8 Å². The molecule has 0 N–H and O–H groups in total. The van der Waals surface area contributed by atoms with Gasteiger partial charge in [0.05, 0.1) is 0 Å². The molecule has 0 radical (unpaired) electrons. The van der Waals surface area contributed by atoms with E-state index in [4.69, 9.17) is 14.2 Å². The van der Waals surface area contributed by atoms with Crippen molar-refractivity contribution in [3.8, 4) is 0 Å². The first-order chi connectivity index (χ1) is 31.3. The van der Waals surface area contributed by atoms with Crippen molar-refractivity contribution in [3.05, 3.63) is 0 Å². The van der Waals surface area contributed by atoms with E-state index in [1.54, 1.807) is 0 Å². The number of hydrogen-bond acceptors (Lipinski definition) is 6. The largest absolute Gasteiger partial charge is 0.462 e. The maximum atomic E-state index is 12.9. The SMILES string of the molecule is CCCCCCCCCCCCCCCCCC(=O)OC[C@H](COC(=O)CCCCCCCCCCCCC(C)C)OC(=O)CCCCCCCCCCCCCCCCC(C)CC. The lowest BCUT2D eigenvalue weighted by molar-refractivity contribution is -0.167. The predicted octanol–water partition coefficient (Wildman–Crippen LogP) is 18.9. The smallest absolute Gasteiger partial charge is 0.306 e. The number of esters is 3. The Morgan fingerprint density at radius 1 is 0.328 bits per heavy atom. The average Bonchev–Trinajstić information content (AvgIpc) is 3.28. The number of rotatable bonds is 52. The molecule has 0 amide bonds. The van der Waals surface area contributed by atoms with Crippen LogP contribution in [0.5, 0.6) is 0 Å². The lowest BCUT2D eigenvalue weighted by Crippen LogP contribution is -2.30. The predicted molar refractivity (Wildman–Crippen MR) is 275 cm³/mol. The fourth-order valence-corrected chi connectivity index (χ4v) is 8.84. The molecule has 2 atom stereocenters. The van der Waals surface area contributed by atoms with Gasteiger partial charge < -0.3 is 14.2 Å². The van der Waals surface area contributed by atoms with Crippen LogP contribution in [0.3, 0.4) is 0 Å². The summed E-state index contributed by atoms with van der Waals surface area (Å²) in [7, 11) is 0. The van der Waals surface area contributed by atoms with Gasteiger partial charge in [0.25, 0.3) is 0 Å². The number of ether oxygens (including phenoxy) is 3. The molecule has 380 valence electrons. The summed E-state index contributed by atoms with van der Waals surface area (Å²) in [5, 5.41) is 0. The standard InChI is InChI=1S/C58H112O6/c1-6-8-9-10-11-12-13-14-15-19-22-28-33-38-43-48-56(59)62-51-55(52-63-57(60)49-44-39-34-29-25-24-26-31-36-41-46-53(3)4)64-58(61)50-45-40-35-30-23-20-17-16-18-21-27-32-37-42-47-54(5)7-2/h53-55H,6-52H2,1-5H3/t54?,55-/m1/s1. The van der Waals surface area contributed by atoms with Gasteiger partial charge in [-0.3, -0.25) is 14.4 Å². The molecule has 0 aliphatic carbocycles. The molecule has 6 nitrogen and oxygen atoms in total. The monoisotopic (exact) mass is 905 g/mol. The van der Waals surface area contributed by atoms with E-state index in [2.05, 4.69) is 34.6 Å². The molecule has 0 bridgehead atoms. The molecule has 0 rings (SSSR count). The van der Waals surface area contributed by atoms with Gasteiger partial charge in [0.2, 0.25) is 0 Å². The second-order valence-corrected chi connectivity index (χ2v) is 20.6. The molecule has 0 aliphatic rings. The highest BCUT2D eigenvalue weighted by molar-refractivity contribution is 5.71. The van der Waals surface area contributed by atoms with Crippen LogP contribution < -0.4 is 0 Å². The minimum Gasteiger partial charge on any atom is -0.462 e. The van der Waals surface area contributed by atoms with Crippen molar-refractivity contribution in [1.29, 1.82) is 0 Å². The highest BCUT2D eigenvalue weighted by Gasteiger charge is 2.19. The van der Waals surface area contributed by atoms with Crippen molar-refractivity contribution in [2.45, 2.75) is 330 Å². The Balaban J connectivity index is 4.30. The van der Waals surface area contributed by atoms with Crippen LogP contribution >= 0.6 is 0 Å². The molecule has 0 fully saturated rings. The zero-order valence-corrected chi connectivity index (χ0v) is 43.9. The molecule has 0 spiro atoms. The third-order valence-electron chi connectivity index (χ3n) is 13.6. The Kier molecular flexibility index (Phi) is 49.6. The maximum absolute atomic E-state index is 12.9. The van der Waals surface area contributed by atoms with Crippen molar-refractivity contribution in [2.24, 2.45) is 11.8 Å². The van der Waals surface area contributed by atoms with Crippen LogP contribution in [0.25, 0.3) is 0 Å². The highest BCUT2D eigenvalue weighted by Crippen LogP contribution is 2.18. The van der Waals surface area contributed by atoms with Crippen LogP contribution in [-0.4, -0.2) is 37.2 Å². The fourth-order valence-electron chi connectivity index (χ4n) is 8.84. The Morgan fingerprint density at radius 2 is 0.594 bits per heavy atom. The summed E-state index contributed by atoms with van der Waals surface area (Å²) in [4.78, 5) is 38.1. The van der Waals surface area contributed by atoms with Crippen LogP contribution in [-0.2, 0) is 28.6 Å².